The standard InChI is InChI=1S/C17H17Cl2NO4S2/c1-23-11-3-6-16(24-2)13(9-11)17-20(7-8-25-17)26(21,22)12-4-5-14(18)15(19)10-12/h3-6,9-10,17H,7-8H2,1-2H3/t17-/m0/s1. The van der Waals surface area contributed by atoms with Gasteiger partial charge in [0.25, 0.3) is 0 Å². The van der Waals surface area contributed by atoms with Crippen LogP contribution in [0.5, 0.6) is 11.5 Å². The second-order valence-electron chi connectivity index (χ2n) is 5.52. The zero-order valence-electron chi connectivity index (χ0n) is 14.1. The average Bonchev–Trinajstić information content (AvgIpc) is 3.13. The molecule has 0 amide bonds. The van der Waals surface area contributed by atoms with Gasteiger partial charge in [-0.05, 0) is 36.4 Å². The minimum Gasteiger partial charge on any atom is -0.497 e. The van der Waals surface area contributed by atoms with Crippen LogP contribution in [0.4, 0.5) is 0 Å². The highest BCUT2D eigenvalue weighted by Gasteiger charge is 2.38. The topological polar surface area (TPSA) is 55.8 Å². The maximum absolute atomic E-state index is 13.2. The van der Waals surface area contributed by atoms with Gasteiger partial charge in [-0.25, -0.2) is 8.42 Å². The summed E-state index contributed by atoms with van der Waals surface area (Å²) in [6.45, 7) is 0.387. The molecule has 0 bridgehead atoms. The zero-order chi connectivity index (χ0) is 18.9. The van der Waals surface area contributed by atoms with E-state index in [0.29, 0.717) is 28.8 Å². The summed E-state index contributed by atoms with van der Waals surface area (Å²) in [5.74, 6) is 1.92. The van der Waals surface area contributed by atoms with E-state index in [2.05, 4.69) is 0 Å². The van der Waals surface area contributed by atoms with Crippen LogP contribution in [0.1, 0.15) is 10.9 Å². The maximum atomic E-state index is 13.2. The lowest BCUT2D eigenvalue weighted by Gasteiger charge is -2.25. The highest BCUT2D eigenvalue weighted by molar-refractivity contribution is 8.01. The van der Waals surface area contributed by atoms with Crippen molar-refractivity contribution < 1.29 is 17.9 Å². The minimum absolute atomic E-state index is 0.112. The van der Waals surface area contributed by atoms with E-state index in [1.165, 1.54) is 34.3 Å². The Kier molecular flexibility index (Phi) is 5.94. The summed E-state index contributed by atoms with van der Waals surface area (Å²) in [5, 5.41) is 0.0991. The Bertz CT molecular complexity index is 921. The first-order valence-electron chi connectivity index (χ1n) is 7.69. The fraction of sp³-hybridized carbons (Fsp3) is 0.294. The minimum atomic E-state index is -3.75. The number of ether oxygens (including phenoxy) is 2. The van der Waals surface area contributed by atoms with Crippen LogP contribution in [0.3, 0.4) is 0 Å². The lowest BCUT2D eigenvalue weighted by atomic mass is 10.2. The second kappa shape index (κ2) is 7.86. The molecule has 0 radical (unpaired) electrons. The first-order chi connectivity index (χ1) is 12.4. The second-order valence-corrected chi connectivity index (χ2v) is 9.42. The molecule has 1 saturated heterocycles. The van der Waals surface area contributed by atoms with Crippen molar-refractivity contribution in [1.82, 2.24) is 4.31 Å². The van der Waals surface area contributed by atoms with Gasteiger partial charge in [0, 0.05) is 17.9 Å². The van der Waals surface area contributed by atoms with Crippen molar-refractivity contribution in [2.75, 3.05) is 26.5 Å². The van der Waals surface area contributed by atoms with Crippen molar-refractivity contribution in [2.24, 2.45) is 0 Å². The summed E-state index contributed by atoms with van der Waals surface area (Å²) in [6.07, 6.45) is 0. The van der Waals surface area contributed by atoms with Crippen molar-refractivity contribution in [3.05, 3.63) is 52.0 Å². The molecule has 1 heterocycles. The fourth-order valence-electron chi connectivity index (χ4n) is 2.75. The lowest BCUT2D eigenvalue weighted by Crippen LogP contribution is -2.30. The fourth-order valence-corrected chi connectivity index (χ4v) is 6.39. The Morgan fingerprint density at radius 2 is 1.85 bits per heavy atom. The molecule has 0 N–H and O–H groups in total. The van der Waals surface area contributed by atoms with Crippen molar-refractivity contribution in [1.29, 1.82) is 0 Å². The van der Waals surface area contributed by atoms with Crippen molar-refractivity contribution in [3.8, 4) is 11.5 Å². The Morgan fingerprint density at radius 1 is 1.08 bits per heavy atom. The smallest absolute Gasteiger partial charge is 0.244 e. The third-order valence-corrected chi connectivity index (χ3v) is 8.02. The van der Waals surface area contributed by atoms with Gasteiger partial charge in [-0.15, -0.1) is 11.8 Å². The first-order valence-corrected chi connectivity index (χ1v) is 10.9. The monoisotopic (exact) mass is 433 g/mol. The molecule has 2 aromatic carbocycles. The van der Waals surface area contributed by atoms with Gasteiger partial charge < -0.3 is 9.47 Å². The van der Waals surface area contributed by atoms with Gasteiger partial charge in [0.05, 0.1) is 34.5 Å². The quantitative estimate of drug-likeness (QED) is 0.696. The van der Waals surface area contributed by atoms with E-state index in [-0.39, 0.29) is 9.92 Å². The molecule has 3 rings (SSSR count). The molecule has 26 heavy (non-hydrogen) atoms. The summed E-state index contributed by atoms with van der Waals surface area (Å²) in [4.78, 5) is 0.112. The molecule has 5 nitrogen and oxygen atoms in total. The molecule has 1 aliphatic heterocycles. The predicted molar refractivity (Wildman–Crippen MR) is 105 cm³/mol. The summed E-state index contributed by atoms with van der Waals surface area (Å²) in [6, 6.07) is 9.69. The number of halogens is 2. The number of nitrogens with zero attached hydrogens (tertiary/aromatic N) is 1. The van der Waals surface area contributed by atoms with E-state index in [4.69, 9.17) is 32.7 Å². The van der Waals surface area contributed by atoms with Crippen molar-refractivity contribution >= 4 is 45.0 Å². The highest BCUT2D eigenvalue weighted by Crippen LogP contribution is 2.45. The molecule has 0 unspecified atom stereocenters. The zero-order valence-corrected chi connectivity index (χ0v) is 17.3. The molecule has 140 valence electrons. The first kappa shape index (κ1) is 19.6. The Hall–Kier alpha value is -1.12. The summed E-state index contributed by atoms with van der Waals surface area (Å²) < 4.78 is 38.5. The molecular weight excluding hydrogens is 417 g/mol. The molecule has 9 heteroatoms. The van der Waals surface area contributed by atoms with Crippen molar-refractivity contribution in [3.63, 3.8) is 0 Å². The predicted octanol–water partition coefficient (Wildman–Crippen LogP) is 4.45. The number of rotatable bonds is 5. The van der Waals surface area contributed by atoms with Gasteiger partial charge >= 0.3 is 0 Å². The SMILES string of the molecule is COc1ccc(OC)c([C@@H]2SCCN2S(=O)(=O)c2ccc(Cl)c(Cl)c2)c1. The van der Waals surface area contributed by atoms with Gasteiger partial charge in [0.1, 0.15) is 11.5 Å². The highest BCUT2D eigenvalue weighted by atomic mass is 35.5. The molecule has 1 fully saturated rings. The Balaban J connectivity index is 2.04. The summed E-state index contributed by atoms with van der Waals surface area (Å²) in [7, 11) is -0.621. The number of sulfonamides is 1. The van der Waals surface area contributed by atoms with E-state index in [1.54, 1.807) is 32.4 Å². The number of hydrogen-bond acceptors (Lipinski definition) is 5. The van der Waals surface area contributed by atoms with Crippen molar-refractivity contribution in [2.45, 2.75) is 10.3 Å². The Labute approximate surface area is 167 Å². The van der Waals surface area contributed by atoms with Crippen LogP contribution in [0.15, 0.2) is 41.3 Å². The van der Waals surface area contributed by atoms with Gasteiger partial charge in [-0.1, -0.05) is 23.2 Å². The molecular formula is C17H17Cl2NO4S2. The largest absolute Gasteiger partial charge is 0.497 e. The van der Waals surface area contributed by atoms with Crippen LogP contribution in [0.25, 0.3) is 0 Å². The molecule has 0 saturated carbocycles. The molecule has 0 spiro atoms. The van der Waals surface area contributed by atoms with E-state index in [9.17, 15) is 8.42 Å². The van der Waals surface area contributed by atoms with Gasteiger partial charge in [0.15, 0.2) is 0 Å². The van der Waals surface area contributed by atoms with Crippen LogP contribution < -0.4 is 9.47 Å². The summed E-state index contributed by atoms with van der Waals surface area (Å²) in [5.41, 5.74) is 0.748. The molecule has 2 aromatic rings. The molecule has 1 atom stereocenters. The van der Waals surface area contributed by atoms with Crippen LogP contribution in [-0.2, 0) is 10.0 Å². The average molecular weight is 434 g/mol. The third-order valence-electron chi connectivity index (χ3n) is 4.05. The van der Waals surface area contributed by atoms with E-state index in [0.717, 1.165) is 5.56 Å². The van der Waals surface area contributed by atoms with Gasteiger partial charge in [-0.3, -0.25) is 0 Å². The summed E-state index contributed by atoms with van der Waals surface area (Å²) >= 11 is 13.5. The number of hydrogen-bond donors (Lipinski definition) is 0. The number of benzene rings is 2. The Morgan fingerprint density at radius 3 is 2.50 bits per heavy atom. The lowest BCUT2D eigenvalue weighted by molar-refractivity contribution is 0.382. The van der Waals surface area contributed by atoms with Crippen LogP contribution in [0, 0.1) is 0 Å². The van der Waals surface area contributed by atoms with Crippen LogP contribution in [0.2, 0.25) is 10.0 Å². The van der Waals surface area contributed by atoms with Crippen LogP contribution in [-0.4, -0.2) is 39.2 Å². The van der Waals surface area contributed by atoms with E-state index >= 15 is 0 Å². The molecule has 0 aromatic heterocycles. The van der Waals surface area contributed by atoms with Gasteiger partial charge in [0.2, 0.25) is 10.0 Å². The van der Waals surface area contributed by atoms with E-state index < -0.39 is 15.4 Å². The van der Waals surface area contributed by atoms with E-state index in [1.807, 2.05) is 0 Å². The number of methoxy groups -OCH3 is 2. The van der Waals surface area contributed by atoms with Crippen LogP contribution >= 0.6 is 35.0 Å². The maximum Gasteiger partial charge on any atom is 0.244 e. The molecule has 1 aliphatic rings. The molecule has 0 aliphatic carbocycles. The number of thioether (sulfide) groups is 1. The normalized spacial score (nSPS) is 18.1. The third kappa shape index (κ3) is 3.64. The van der Waals surface area contributed by atoms with Gasteiger partial charge in [-0.2, -0.15) is 4.31 Å².